The Kier molecular flexibility index (Phi) is 6.08. The fraction of sp³-hybridized carbons (Fsp3) is 0.111. The SMILES string of the molecule is CCc1ccccc1Oc1nc(=Cc2ccccc2)c(=O)n(C)c1=Cc1ccccc1. The van der Waals surface area contributed by atoms with Crippen LogP contribution in [0, 0.1) is 0 Å². The molecule has 0 unspecified atom stereocenters. The molecule has 3 aromatic carbocycles. The van der Waals surface area contributed by atoms with Crippen molar-refractivity contribution in [3.8, 4) is 11.6 Å². The Hall–Kier alpha value is -3.92. The number of hydrogen-bond donors (Lipinski definition) is 0. The first kappa shape index (κ1) is 20.4. The van der Waals surface area contributed by atoms with Crippen molar-refractivity contribution in [3.63, 3.8) is 0 Å². The van der Waals surface area contributed by atoms with E-state index in [1.165, 1.54) is 0 Å². The highest BCUT2D eigenvalue weighted by Crippen LogP contribution is 2.22. The van der Waals surface area contributed by atoms with Crippen molar-refractivity contribution in [2.75, 3.05) is 0 Å². The minimum atomic E-state index is -0.179. The van der Waals surface area contributed by atoms with Crippen LogP contribution in [-0.2, 0) is 13.5 Å². The maximum absolute atomic E-state index is 13.1. The Balaban J connectivity index is 1.96. The van der Waals surface area contributed by atoms with Crippen LogP contribution in [0.4, 0.5) is 0 Å². The average Bonchev–Trinajstić information content (AvgIpc) is 2.81. The highest BCUT2D eigenvalue weighted by molar-refractivity contribution is 5.51. The van der Waals surface area contributed by atoms with E-state index in [1.54, 1.807) is 17.7 Å². The Morgan fingerprint density at radius 3 is 2.06 bits per heavy atom. The van der Waals surface area contributed by atoms with Crippen molar-refractivity contribution in [3.05, 3.63) is 123 Å². The molecule has 0 aliphatic carbocycles. The van der Waals surface area contributed by atoms with E-state index in [0.717, 1.165) is 28.9 Å². The van der Waals surface area contributed by atoms with Gasteiger partial charge in [0, 0.05) is 7.05 Å². The summed E-state index contributed by atoms with van der Waals surface area (Å²) >= 11 is 0. The molecule has 0 aliphatic heterocycles. The van der Waals surface area contributed by atoms with Gasteiger partial charge in [0.05, 0.1) is 0 Å². The number of aryl methyl sites for hydroxylation is 1. The molecule has 154 valence electrons. The van der Waals surface area contributed by atoms with E-state index in [0.29, 0.717) is 16.6 Å². The summed E-state index contributed by atoms with van der Waals surface area (Å²) < 4.78 is 7.89. The lowest BCUT2D eigenvalue weighted by Crippen LogP contribution is -2.44. The summed E-state index contributed by atoms with van der Waals surface area (Å²) in [4.78, 5) is 17.8. The molecule has 0 N–H and O–H groups in total. The van der Waals surface area contributed by atoms with Gasteiger partial charge in [-0.25, -0.2) is 4.98 Å². The fourth-order valence-corrected chi connectivity index (χ4v) is 3.38. The third-order valence-electron chi connectivity index (χ3n) is 5.09. The number of hydrogen-bond acceptors (Lipinski definition) is 3. The van der Waals surface area contributed by atoms with Crippen LogP contribution in [0.5, 0.6) is 11.6 Å². The zero-order valence-electron chi connectivity index (χ0n) is 17.7. The number of ether oxygens (including phenoxy) is 1. The summed E-state index contributed by atoms with van der Waals surface area (Å²) in [6.45, 7) is 2.09. The Labute approximate surface area is 181 Å². The molecule has 0 spiro atoms. The Bertz CT molecular complexity index is 1360. The van der Waals surface area contributed by atoms with Gasteiger partial charge in [-0.15, -0.1) is 0 Å². The summed E-state index contributed by atoms with van der Waals surface area (Å²) in [5, 5.41) is 0.954. The number of aromatic nitrogens is 2. The van der Waals surface area contributed by atoms with Crippen molar-refractivity contribution in [1.82, 2.24) is 9.55 Å². The number of benzene rings is 3. The van der Waals surface area contributed by atoms with Gasteiger partial charge < -0.3 is 9.30 Å². The molecule has 0 fully saturated rings. The maximum atomic E-state index is 13.1. The first-order valence-electron chi connectivity index (χ1n) is 10.3. The van der Waals surface area contributed by atoms with Crippen LogP contribution in [0.1, 0.15) is 23.6 Å². The standard InChI is InChI=1S/C27H24N2O2/c1-3-22-16-10-11-17-25(22)31-26-24(19-21-14-8-5-9-15-21)29(2)27(30)23(28-26)18-20-12-6-4-7-13-20/h4-19H,3H2,1-2H3. The smallest absolute Gasteiger partial charge is 0.276 e. The van der Waals surface area contributed by atoms with E-state index in [2.05, 4.69) is 11.9 Å². The molecule has 1 heterocycles. The van der Waals surface area contributed by atoms with Gasteiger partial charge in [-0.3, -0.25) is 4.79 Å². The molecular weight excluding hydrogens is 384 g/mol. The van der Waals surface area contributed by atoms with E-state index in [-0.39, 0.29) is 5.56 Å². The zero-order chi connectivity index (χ0) is 21.6. The highest BCUT2D eigenvalue weighted by Gasteiger charge is 2.10. The van der Waals surface area contributed by atoms with E-state index in [4.69, 9.17) is 4.74 Å². The first-order valence-corrected chi connectivity index (χ1v) is 10.3. The van der Waals surface area contributed by atoms with Crippen molar-refractivity contribution >= 4 is 12.2 Å². The molecule has 0 radical (unpaired) electrons. The van der Waals surface area contributed by atoms with Crippen molar-refractivity contribution in [2.24, 2.45) is 7.05 Å². The highest BCUT2D eigenvalue weighted by atomic mass is 16.5. The van der Waals surface area contributed by atoms with Crippen LogP contribution < -0.4 is 21.0 Å². The molecule has 4 rings (SSSR count). The number of nitrogens with zero attached hydrogens (tertiary/aromatic N) is 2. The average molecular weight is 409 g/mol. The molecule has 0 bridgehead atoms. The molecule has 4 heteroatoms. The number of rotatable bonds is 5. The first-order chi connectivity index (χ1) is 15.2. The van der Waals surface area contributed by atoms with Gasteiger partial charge in [0.2, 0.25) is 5.88 Å². The van der Waals surface area contributed by atoms with Crippen LogP contribution in [0.2, 0.25) is 0 Å². The van der Waals surface area contributed by atoms with Gasteiger partial charge in [-0.1, -0.05) is 85.8 Å². The van der Waals surface area contributed by atoms with Crippen LogP contribution >= 0.6 is 0 Å². The van der Waals surface area contributed by atoms with Gasteiger partial charge in [0.1, 0.15) is 16.4 Å². The van der Waals surface area contributed by atoms with Crippen LogP contribution in [0.3, 0.4) is 0 Å². The number of para-hydroxylation sites is 1. The molecule has 4 nitrogen and oxygen atoms in total. The molecule has 0 saturated heterocycles. The third-order valence-corrected chi connectivity index (χ3v) is 5.09. The van der Waals surface area contributed by atoms with Gasteiger partial charge in [-0.05, 0) is 41.3 Å². The molecule has 0 atom stereocenters. The Morgan fingerprint density at radius 2 is 1.42 bits per heavy atom. The van der Waals surface area contributed by atoms with E-state index in [1.807, 2.05) is 91.0 Å². The minimum Gasteiger partial charge on any atom is -0.437 e. The lowest BCUT2D eigenvalue weighted by Gasteiger charge is -2.12. The summed E-state index contributed by atoms with van der Waals surface area (Å²) in [5.74, 6) is 1.14. The predicted octanol–water partition coefficient (Wildman–Crippen LogP) is 3.79. The van der Waals surface area contributed by atoms with Crippen LogP contribution in [0.25, 0.3) is 12.2 Å². The molecule has 0 amide bonds. The largest absolute Gasteiger partial charge is 0.437 e. The van der Waals surface area contributed by atoms with Gasteiger partial charge in [0.25, 0.3) is 5.56 Å². The van der Waals surface area contributed by atoms with E-state index in [9.17, 15) is 4.79 Å². The van der Waals surface area contributed by atoms with Crippen LogP contribution in [0.15, 0.2) is 89.7 Å². The quantitative estimate of drug-likeness (QED) is 0.505. The zero-order valence-corrected chi connectivity index (χ0v) is 17.7. The maximum Gasteiger partial charge on any atom is 0.276 e. The molecule has 4 aromatic rings. The minimum absolute atomic E-state index is 0.179. The predicted molar refractivity (Wildman–Crippen MR) is 125 cm³/mol. The lowest BCUT2D eigenvalue weighted by atomic mass is 10.1. The molecule has 31 heavy (non-hydrogen) atoms. The van der Waals surface area contributed by atoms with Gasteiger partial charge in [0.15, 0.2) is 0 Å². The van der Waals surface area contributed by atoms with Crippen molar-refractivity contribution < 1.29 is 4.74 Å². The van der Waals surface area contributed by atoms with Gasteiger partial charge in [-0.2, -0.15) is 0 Å². The summed E-state index contributed by atoms with van der Waals surface area (Å²) in [6.07, 6.45) is 4.54. The second kappa shape index (κ2) is 9.26. The summed E-state index contributed by atoms with van der Waals surface area (Å²) in [5.41, 5.74) is 2.78. The van der Waals surface area contributed by atoms with Crippen LogP contribution in [-0.4, -0.2) is 9.55 Å². The normalized spacial score (nSPS) is 12.2. The summed E-state index contributed by atoms with van der Waals surface area (Å²) in [6, 6.07) is 27.4. The second-order valence-electron chi connectivity index (χ2n) is 7.22. The fourth-order valence-electron chi connectivity index (χ4n) is 3.38. The second-order valence-corrected chi connectivity index (χ2v) is 7.22. The molecule has 1 aromatic heterocycles. The van der Waals surface area contributed by atoms with Gasteiger partial charge >= 0.3 is 0 Å². The monoisotopic (exact) mass is 408 g/mol. The molecule has 0 saturated carbocycles. The van der Waals surface area contributed by atoms with Crippen molar-refractivity contribution in [2.45, 2.75) is 13.3 Å². The third kappa shape index (κ3) is 4.64. The lowest BCUT2D eigenvalue weighted by molar-refractivity contribution is 0.441. The van der Waals surface area contributed by atoms with Crippen molar-refractivity contribution in [1.29, 1.82) is 0 Å². The Morgan fingerprint density at radius 1 is 0.839 bits per heavy atom. The molecule has 0 aliphatic rings. The topological polar surface area (TPSA) is 44.1 Å². The van der Waals surface area contributed by atoms with E-state index < -0.39 is 0 Å². The van der Waals surface area contributed by atoms with E-state index >= 15 is 0 Å². The molecular formula is C27H24N2O2. The summed E-state index contributed by atoms with van der Waals surface area (Å²) in [7, 11) is 1.75.